The summed E-state index contributed by atoms with van der Waals surface area (Å²) in [7, 11) is 0. The summed E-state index contributed by atoms with van der Waals surface area (Å²) in [6, 6.07) is 9.67. The lowest BCUT2D eigenvalue weighted by Crippen LogP contribution is -2.07. The van der Waals surface area contributed by atoms with Crippen LogP contribution < -0.4 is 5.32 Å². The number of nitrogens with zero attached hydrogens (tertiary/aromatic N) is 2. The van der Waals surface area contributed by atoms with Gasteiger partial charge in [-0.3, -0.25) is 0 Å². The predicted octanol–water partition coefficient (Wildman–Crippen LogP) is 6.39. The molecule has 0 aliphatic carbocycles. The predicted molar refractivity (Wildman–Crippen MR) is 105 cm³/mol. The topological polar surface area (TPSA) is 29.9 Å². The normalized spacial score (nSPS) is 13.8. The van der Waals surface area contributed by atoms with E-state index in [1.807, 2.05) is 6.07 Å². The maximum Gasteiger partial charge on any atom is 0.133 e. The Labute approximate surface area is 165 Å². The van der Waals surface area contributed by atoms with E-state index in [0.717, 1.165) is 48.6 Å². The van der Waals surface area contributed by atoms with E-state index in [-0.39, 0.29) is 5.82 Å². The number of benzene rings is 2. The lowest BCUT2D eigenvalue weighted by Gasteiger charge is -2.10. The van der Waals surface area contributed by atoms with Crippen molar-refractivity contribution in [2.75, 3.05) is 11.9 Å². The van der Waals surface area contributed by atoms with Crippen LogP contribution in [0.4, 0.5) is 10.2 Å². The number of fused-ring (bicyclic) bond motifs is 1. The minimum Gasteiger partial charge on any atom is -0.370 e. The van der Waals surface area contributed by atoms with E-state index in [1.165, 1.54) is 12.1 Å². The van der Waals surface area contributed by atoms with Crippen molar-refractivity contribution in [2.45, 2.75) is 19.3 Å². The van der Waals surface area contributed by atoms with Crippen LogP contribution in [0.3, 0.4) is 0 Å². The van der Waals surface area contributed by atoms with Crippen molar-refractivity contribution in [1.29, 1.82) is 0 Å². The first kappa shape index (κ1) is 17.7. The summed E-state index contributed by atoms with van der Waals surface area (Å²) in [5.74, 6) is 0.519. The van der Waals surface area contributed by atoms with Crippen molar-refractivity contribution in [3.05, 3.63) is 62.8 Å². The molecule has 0 saturated carbocycles. The van der Waals surface area contributed by atoms with Crippen LogP contribution in [0.25, 0.3) is 16.9 Å². The summed E-state index contributed by atoms with van der Waals surface area (Å²) in [5.41, 5.74) is 3.23. The molecule has 134 valence electrons. The number of hydrogen-bond donors (Lipinski definition) is 1. The molecule has 0 atom stereocenters. The fourth-order valence-corrected chi connectivity index (χ4v) is 3.97. The fraction of sp³-hybridized carbons (Fsp3) is 0.211. The molecule has 0 unspecified atom stereocenters. The molecule has 1 aliphatic rings. The third-order valence-electron chi connectivity index (χ3n) is 4.45. The van der Waals surface area contributed by atoms with E-state index >= 15 is 0 Å². The molecule has 1 N–H and O–H groups in total. The smallest absolute Gasteiger partial charge is 0.133 e. The molecular formula is C19H15Cl3FN3. The standard InChI is InChI=1S/C19H15Cl3FN3/c20-11-4-7-17(16(22)9-11)26-19-14(3-1-2-8-24-19)18(25-26)13-6-5-12(23)10-15(13)21/h4-7,9-10,24H,1-3,8H2. The molecule has 3 aromatic rings. The number of rotatable bonds is 2. The zero-order valence-corrected chi connectivity index (χ0v) is 16.0. The molecule has 0 spiro atoms. The molecule has 0 saturated heterocycles. The van der Waals surface area contributed by atoms with Gasteiger partial charge in [0.05, 0.1) is 21.4 Å². The molecule has 0 bridgehead atoms. The van der Waals surface area contributed by atoms with E-state index in [1.54, 1.807) is 22.9 Å². The van der Waals surface area contributed by atoms with Crippen LogP contribution in [0, 0.1) is 5.82 Å². The van der Waals surface area contributed by atoms with Gasteiger partial charge in [0.25, 0.3) is 0 Å². The van der Waals surface area contributed by atoms with Gasteiger partial charge in [-0.05, 0) is 55.7 Å². The van der Waals surface area contributed by atoms with Gasteiger partial charge in [-0.25, -0.2) is 9.07 Å². The number of halogens is 4. The largest absolute Gasteiger partial charge is 0.370 e. The van der Waals surface area contributed by atoms with Gasteiger partial charge in [0, 0.05) is 22.7 Å². The van der Waals surface area contributed by atoms with Crippen LogP contribution in [0.15, 0.2) is 36.4 Å². The van der Waals surface area contributed by atoms with Crippen molar-refractivity contribution in [1.82, 2.24) is 9.78 Å². The minimum atomic E-state index is -0.372. The first-order valence-corrected chi connectivity index (χ1v) is 9.44. The molecule has 26 heavy (non-hydrogen) atoms. The molecule has 4 rings (SSSR count). The third kappa shape index (κ3) is 3.18. The van der Waals surface area contributed by atoms with E-state index < -0.39 is 0 Å². The van der Waals surface area contributed by atoms with Crippen LogP contribution in [0.1, 0.15) is 18.4 Å². The van der Waals surface area contributed by atoms with E-state index in [9.17, 15) is 4.39 Å². The highest BCUT2D eigenvalue weighted by molar-refractivity contribution is 6.35. The van der Waals surface area contributed by atoms with E-state index in [2.05, 4.69) is 5.32 Å². The first-order chi connectivity index (χ1) is 12.5. The molecule has 2 aromatic carbocycles. The van der Waals surface area contributed by atoms with Crippen molar-refractivity contribution in [3.63, 3.8) is 0 Å². The van der Waals surface area contributed by atoms with Gasteiger partial charge in [0.1, 0.15) is 11.6 Å². The summed E-state index contributed by atoms with van der Waals surface area (Å²) >= 11 is 18.7. The van der Waals surface area contributed by atoms with Crippen molar-refractivity contribution >= 4 is 40.6 Å². The maximum atomic E-state index is 13.5. The summed E-state index contributed by atoms with van der Waals surface area (Å²) in [5, 5.41) is 9.63. The molecule has 3 nitrogen and oxygen atoms in total. The van der Waals surface area contributed by atoms with E-state index in [0.29, 0.717) is 20.6 Å². The van der Waals surface area contributed by atoms with Gasteiger partial charge >= 0.3 is 0 Å². The Bertz CT molecular complexity index is 908. The van der Waals surface area contributed by atoms with Crippen molar-refractivity contribution in [3.8, 4) is 16.9 Å². The number of anilines is 1. The molecule has 0 radical (unpaired) electrons. The highest BCUT2D eigenvalue weighted by atomic mass is 35.5. The second-order valence-electron chi connectivity index (χ2n) is 6.19. The van der Waals surface area contributed by atoms with Crippen LogP contribution in [-0.2, 0) is 6.42 Å². The van der Waals surface area contributed by atoms with Crippen LogP contribution >= 0.6 is 34.8 Å². The zero-order valence-electron chi connectivity index (χ0n) is 13.7. The second-order valence-corrected chi connectivity index (χ2v) is 7.44. The quantitative estimate of drug-likeness (QED) is 0.530. The summed E-state index contributed by atoms with van der Waals surface area (Å²) < 4.78 is 15.3. The summed E-state index contributed by atoms with van der Waals surface area (Å²) in [6.07, 6.45) is 2.95. The van der Waals surface area contributed by atoms with Gasteiger partial charge in [-0.15, -0.1) is 0 Å². The number of hydrogen-bond acceptors (Lipinski definition) is 2. The molecule has 2 heterocycles. The van der Waals surface area contributed by atoms with Gasteiger partial charge in [0.2, 0.25) is 0 Å². The van der Waals surface area contributed by atoms with Gasteiger partial charge in [-0.1, -0.05) is 34.8 Å². The highest BCUT2D eigenvalue weighted by Crippen LogP contribution is 2.38. The Morgan fingerprint density at radius 3 is 2.62 bits per heavy atom. The van der Waals surface area contributed by atoms with Gasteiger partial charge in [0.15, 0.2) is 0 Å². The van der Waals surface area contributed by atoms with Gasteiger partial charge in [-0.2, -0.15) is 5.10 Å². The zero-order chi connectivity index (χ0) is 18.3. The summed E-state index contributed by atoms with van der Waals surface area (Å²) in [6.45, 7) is 0.848. The molecular weight excluding hydrogens is 396 g/mol. The third-order valence-corrected chi connectivity index (χ3v) is 5.30. The number of nitrogens with one attached hydrogen (secondary N) is 1. The van der Waals surface area contributed by atoms with Gasteiger partial charge < -0.3 is 5.32 Å². The highest BCUT2D eigenvalue weighted by Gasteiger charge is 2.24. The summed E-state index contributed by atoms with van der Waals surface area (Å²) in [4.78, 5) is 0. The molecule has 0 fully saturated rings. The van der Waals surface area contributed by atoms with E-state index in [4.69, 9.17) is 39.9 Å². The first-order valence-electron chi connectivity index (χ1n) is 8.31. The molecule has 0 amide bonds. The van der Waals surface area contributed by atoms with Crippen LogP contribution in [0.2, 0.25) is 15.1 Å². The average molecular weight is 411 g/mol. The Hall–Kier alpha value is -1.75. The maximum absolute atomic E-state index is 13.5. The van der Waals surface area contributed by atoms with Crippen LogP contribution in [-0.4, -0.2) is 16.3 Å². The Kier molecular flexibility index (Phi) is 4.82. The monoisotopic (exact) mass is 409 g/mol. The Morgan fingerprint density at radius 2 is 1.85 bits per heavy atom. The lowest BCUT2D eigenvalue weighted by molar-refractivity contribution is 0.628. The SMILES string of the molecule is Fc1ccc(-c2nn(-c3ccc(Cl)cc3Cl)c3c2CCCCN3)c(Cl)c1. The molecule has 1 aliphatic heterocycles. The second kappa shape index (κ2) is 7.10. The van der Waals surface area contributed by atoms with Crippen molar-refractivity contribution in [2.24, 2.45) is 0 Å². The minimum absolute atomic E-state index is 0.337. The molecule has 7 heteroatoms. The molecule has 1 aromatic heterocycles. The Morgan fingerprint density at radius 1 is 1.00 bits per heavy atom. The van der Waals surface area contributed by atoms with Crippen molar-refractivity contribution < 1.29 is 4.39 Å². The fourth-order valence-electron chi connectivity index (χ4n) is 3.23. The average Bonchev–Trinajstić information content (AvgIpc) is 2.77. The Balaban J connectivity index is 1.95. The van der Waals surface area contributed by atoms with Crippen LogP contribution in [0.5, 0.6) is 0 Å². The number of aromatic nitrogens is 2. The lowest BCUT2D eigenvalue weighted by atomic mass is 10.0.